The van der Waals surface area contributed by atoms with Gasteiger partial charge in [0.1, 0.15) is 5.69 Å². The van der Waals surface area contributed by atoms with Crippen LogP contribution in [-0.2, 0) is 0 Å². The average molecular weight is 217 g/mol. The van der Waals surface area contributed by atoms with Gasteiger partial charge in [-0.05, 0) is 12.1 Å². The van der Waals surface area contributed by atoms with E-state index in [1.807, 2.05) is 23.7 Å². The number of aromatic nitrogens is 2. The minimum absolute atomic E-state index is 0.323. The minimum atomic E-state index is 0.323. The van der Waals surface area contributed by atoms with Crippen LogP contribution in [-0.4, -0.2) is 10.1 Å². The Morgan fingerprint density at radius 1 is 1.27 bits per heavy atom. The van der Waals surface area contributed by atoms with E-state index in [0.29, 0.717) is 5.88 Å². The van der Waals surface area contributed by atoms with Gasteiger partial charge in [-0.3, -0.25) is 0 Å². The van der Waals surface area contributed by atoms with Gasteiger partial charge in [-0.1, -0.05) is 11.2 Å². The molecule has 15 heavy (non-hydrogen) atoms. The number of rotatable bonds is 1. The summed E-state index contributed by atoms with van der Waals surface area (Å²) in [6.45, 7) is 0. The van der Waals surface area contributed by atoms with Gasteiger partial charge in [0.05, 0.1) is 15.7 Å². The zero-order valence-corrected chi connectivity index (χ0v) is 8.49. The monoisotopic (exact) mass is 217 g/mol. The summed E-state index contributed by atoms with van der Waals surface area (Å²) in [6, 6.07) is 7.68. The largest absolute Gasteiger partial charge is 0.368 e. The van der Waals surface area contributed by atoms with Gasteiger partial charge in [0, 0.05) is 11.6 Å². The SMILES string of the molecule is Nc1cc(-c2ccc3scnc3c2)no1. The summed E-state index contributed by atoms with van der Waals surface area (Å²) in [5.74, 6) is 0.323. The molecular weight excluding hydrogens is 210 g/mol. The standard InChI is InChI=1S/C10H7N3OS/c11-10-4-7(13-14-10)6-1-2-9-8(3-6)12-5-15-9/h1-5H,11H2. The molecule has 0 spiro atoms. The second kappa shape index (κ2) is 3.06. The summed E-state index contributed by atoms with van der Waals surface area (Å²) in [5, 5.41) is 3.85. The van der Waals surface area contributed by atoms with Gasteiger partial charge in [0.15, 0.2) is 0 Å². The van der Waals surface area contributed by atoms with Crippen LogP contribution in [0.1, 0.15) is 0 Å². The Labute approximate surface area is 89.3 Å². The topological polar surface area (TPSA) is 64.9 Å². The van der Waals surface area contributed by atoms with Gasteiger partial charge in [-0.25, -0.2) is 4.98 Å². The number of hydrogen-bond acceptors (Lipinski definition) is 5. The molecule has 0 aliphatic heterocycles. The van der Waals surface area contributed by atoms with Crippen molar-refractivity contribution in [3.05, 3.63) is 29.8 Å². The molecule has 3 rings (SSSR count). The van der Waals surface area contributed by atoms with Crippen LogP contribution in [0.5, 0.6) is 0 Å². The predicted octanol–water partition coefficient (Wildman–Crippen LogP) is 2.53. The molecule has 74 valence electrons. The third-order valence-electron chi connectivity index (χ3n) is 2.15. The quantitative estimate of drug-likeness (QED) is 0.680. The van der Waals surface area contributed by atoms with Crippen LogP contribution >= 0.6 is 11.3 Å². The zero-order chi connectivity index (χ0) is 10.3. The van der Waals surface area contributed by atoms with Crippen LogP contribution in [0, 0.1) is 0 Å². The molecule has 5 heteroatoms. The van der Waals surface area contributed by atoms with E-state index in [-0.39, 0.29) is 0 Å². The number of fused-ring (bicyclic) bond motifs is 1. The molecule has 2 heterocycles. The van der Waals surface area contributed by atoms with Crippen LogP contribution in [0.4, 0.5) is 5.88 Å². The van der Waals surface area contributed by atoms with Crippen molar-refractivity contribution in [1.82, 2.24) is 10.1 Å². The van der Waals surface area contributed by atoms with Gasteiger partial charge in [-0.2, -0.15) is 0 Å². The summed E-state index contributed by atoms with van der Waals surface area (Å²) < 4.78 is 5.98. The van der Waals surface area contributed by atoms with Crippen LogP contribution < -0.4 is 5.73 Å². The first-order valence-electron chi connectivity index (χ1n) is 4.39. The van der Waals surface area contributed by atoms with Crippen molar-refractivity contribution in [3.8, 4) is 11.3 Å². The summed E-state index contributed by atoms with van der Waals surface area (Å²) in [7, 11) is 0. The van der Waals surface area contributed by atoms with Crippen molar-refractivity contribution in [2.24, 2.45) is 0 Å². The summed E-state index contributed by atoms with van der Waals surface area (Å²) in [4.78, 5) is 4.24. The maximum absolute atomic E-state index is 5.47. The molecule has 0 amide bonds. The second-order valence-corrected chi connectivity index (χ2v) is 4.04. The molecule has 0 atom stereocenters. The van der Waals surface area contributed by atoms with Crippen LogP contribution in [0.3, 0.4) is 0 Å². The lowest BCUT2D eigenvalue weighted by molar-refractivity contribution is 0.439. The van der Waals surface area contributed by atoms with Crippen LogP contribution in [0.15, 0.2) is 34.3 Å². The molecule has 1 aromatic carbocycles. The molecular formula is C10H7N3OS. The van der Waals surface area contributed by atoms with Gasteiger partial charge < -0.3 is 10.3 Å². The number of benzene rings is 1. The van der Waals surface area contributed by atoms with Gasteiger partial charge in [-0.15, -0.1) is 11.3 Å². The van der Waals surface area contributed by atoms with Crippen molar-refractivity contribution >= 4 is 27.4 Å². The van der Waals surface area contributed by atoms with Crippen molar-refractivity contribution < 1.29 is 4.52 Å². The number of nitrogens with zero attached hydrogens (tertiary/aromatic N) is 2. The first-order valence-corrected chi connectivity index (χ1v) is 5.27. The van der Waals surface area contributed by atoms with E-state index in [4.69, 9.17) is 10.3 Å². The number of nitrogens with two attached hydrogens (primary N) is 1. The van der Waals surface area contributed by atoms with Gasteiger partial charge in [0.25, 0.3) is 0 Å². The highest BCUT2D eigenvalue weighted by atomic mass is 32.1. The zero-order valence-electron chi connectivity index (χ0n) is 7.68. The molecule has 2 N–H and O–H groups in total. The van der Waals surface area contributed by atoms with Crippen molar-refractivity contribution in [2.75, 3.05) is 5.73 Å². The maximum atomic E-state index is 5.47. The van der Waals surface area contributed by atoms with Crippen LogP contribution in [0.25, 0.3) is 21.5 Å². The lowest BCUT2D eigenvalue weighted by Crippen LogP contribution is -1.77. The first kappa shape index (κ1) is 8.43. The smallest absolute Gasteiger partial charge is 0.222 e. The molecule has 0 saturated heterocycles. The Morgan fingerprint density at radius 2 is 2.20 bits per heavy atom. The lowest BCUT2D eigenvalue weighted by Gasteiger charge is -1.94. The molecule has 3 aromatic rings. The first-order chi connectivity index (χ1) is 7.33. The lowest BCUT2D eigenvalue weighted by atomic mass is 10.1. The van der Waals surface area contributed by atoms with Gasteiger partial charge >= 0.3 is 0 Å². The van der Waals surface area contributed by atoms with E-state index in [1.54, 1.807) is 17.4 Å². The Morgan fingerprint density at radius 3 is 3.00 bits per heavy atom. The molecule has 0 aliphatic rings. The number of nitrogen functional groups attached to an aromatic ring is 1. The highest BCUT2D eigenvalue weighted by Crippen LogP contribution is 2.25. The normalized spacial score (nSPS) is 10.9. The van der Waals surface area contributed by atoms with E-state index in [9.17, 15) is 0 Å². The minimum Gasteiger partial charge on any atom is -0.368 e. The second-order valence-electron chi connectivity index (χ2n) is 3.15. The third kappa shape index (κ3) is 1.37. The summed E-state index contributed by atoms with van der Waals surface area (Å²) in [5.41, 5.74) is 9.97. The van der Waals surface area contributed by atoms with Crippen molar-refractivity contribution in [1.29, 1.82) is 0 Å². The number of anilines is 1. The average Bonchev–Trinajstić information content (AvgIpc) is 2.84. The fourth-order valence-electron chi connectivity index (χ4n) is 1.44. The number of thiazole rings is 1. The Bertz CT molecular complexity index is 614. The Hall–Kier alpha value is -1.88. The number of hydrogen-bond donors (Lipinski definition) is 1. The Balaban J connectivity index is 2.18. The molecule has 0 radical (unpaired) electrons. The van der Waals surface area contributed by atoms with Gasteiger partial charge in [0.2, 0.25) is 5.88 Å². The fraction of sp³-hybridized carbons (Fsp3) is 0. The molecule has 0 fully saturated rings. The summed E-state index contributed by atoms with van der Waals surface area (Å²) >= 11 is 1.62. The Kier molecular flexibility index (Phi) is 1.72. The molecule has 4 nitrogen and oxygen atoms in total. The van der Waals surface area contributed by atoms with E-state index in [0.717, 1.165) is 21.5 Å². The van der Waals surface area contributed by atoms with E-state index in [1.165, 1.54) is 0 Å². The summed E-state index contributed by atoms with van der Waals surface area (Å²) in [6.07, 6.45) is 0. The highest BCUT2D eigenvalue weighted by molar-refractivity contribution is 7.16. The third-order valence-corrected chi connectivity index (χ3v) is 2.96. The van der Waals surface area contributed by atoms with E-state index < -0.39 is 0 Å². The molecule has 0 aliphatic carbocycles. The van der Waals surface area contributed by atoms with E-state index in [2.05, 4.69) is 10.1 Å². The predicted molar refractivity (Wildman–Crippen MR) is 59.5 cm³/mol. The highest BCUT2D eigenvalue weighted by Gasteiger charge is 2.05. The molecule has 2 aromatic heterocycles. The fourth-order valence-corrected chi connectivity index (χ4v) is 2.10. The van der Waals surface area contributed by atoms with E-state index >= 15 is 0 Å². The maximum Gasteiger partial charge on any atom is 0.222 e. The van der Waals surface area contributed by atoms with Crippen molar-refractivity contribution in [3.63, 3.8) is 0 Å². The van der Waals surface area contributed by atoms with Crippen LogP contribution in [0.2, 0.25) is 0 Å². The molecule has 0 unspecified atom stereocenters. The molecule has 0 bridgehead atoms. The molecule has 0 saturated carbocycles. The van der Waals surface area contributed by atoms with Crippen molar-refractivity contribution in [2.45, 2.75) is 0 Å².